The highest BCUT2D eigenvalue weighted by Crippen LogP contribution is 2.24. The van der Waals surface area contributed by atoms with E-state index in [9.17, 15) is 4.39 Å². The molecule has 2 N–H and O–H groups in total. The Bertz CT molecular complexity index is 522. The maximum atomic E-state index is 13.5. The van der Waals surface area contributed by atoms with E-state index in [0.29, 0.717) is 16.9 Å². The lowest BCUT2D eigenvalue weighted by Crippen LogP contribution is -2.12. The molecule has 0 aliphatic rings. The highest BCUT2D eigenvalue weighted by atomic mass is 19.1. The molecule has 2 nitrogen and oxygen atoms in total. The van der Waals surface area contributed by atoms with Crippen molar-refractivity contribution < 1.29 is 8.81 Å². The molecule has 0 radical (unpaired) electrons. The van der Waals surface area contributed by atoms with Crippen molar-refractivity contribution in [2.45, 2.75) is 26.8 Å². The molecule has 1 aromatic carbocycles. The maximum absolute atomic E-state index is 13.5. The molecule has 0 bridgehead atoms. The number of halogens is 1. The Morgan fingerprint density at radius 1 is 1.12 bits per heavy atom. The summed E-state index contributed by atoms with van der Waals surface area (Å²) in [6, 6.07) is 6.92. The number of rotatable bonds is 2. The van der Waals surface area contributed by atoms with Crippen LogP contribution in [0.1, 0.15) is 34.3 Å². The number of aryl methyl sites for hydroxylation is 3. The summed E-state index contributed by atoms with van der Waals surface area (Å²) in [6.45, 7) is 5.36. The maximum Gasteiger partial charge on any atom is 0.129 e. The van der Waals surface area contributed by atoms with Gasteiger partial charge in [0.05, 0.1) is 6.04 Å². The lowest BCUT2D eigenvalue weighted by atomic mass is 10.00. The number of hydrogen-bond acceptors (Lipinski definition) is 2. The van der Waals surface area contributed by atoms with Crippen LogP contribution in [0.15, 0.2) is 28.7 Å². The van der Waals surface area contributed by atoms with Crippen LogP contribution in [0.2, 0.25) is 0 Å². The monoisotopic (exact) mass is 233 g/mol. The van der Waals surface area contributed by atoms with Crippen molar-refractivity contribution in [3.05, 3.63) is 58.3 Å². The zero-order valence-electron chi connectivity index (χ0n) is 10.3. The fourth-order valence-electron chi connectivity index (χ4n) is 1.94. The molecular formula is C14H16FNO. The molecule has 2 aromatic rings. The van der Waals surface area contributed by atoms with Crippen LogP contribution in [0.4, 0.5) is 4.39 Å². The Morgan fingerprint density at radius 3 is 2.18 bits per heavy atom. The lowest BCUT2D eigenvalue weighted by Gasteiger charge is -2.12. The van der Waals surface area contributed by atoms with E-state index in [1.807, 2.05) is 19.1 Å². The molecule has 0 saturated heterocycles. The smallest absolute Gasteiger partial charge is 0.129 e. The van der Waals surface area contributed by atoms with Crippen molar-refractivity contribution in [3.63, 3.8) is 0 Å². The second-order valence-corrected chi connectivity index (χ2v) is 4.39. The molecule has 3 heteroatoms. The minimum atomic E-state index is -0.346. The van der Waals surface area contributed by atoms with E-state index in [4.69, 9.17) is 10.2 Å². The Labute approximate surface area is 100 Å². The standard InChI is InChI=1S/C14H16FNO/c1-8-6-11(7-9(2)13(8)15)14(16)12-5-4-10(3)17-12/h4-7,14H,16H2,1-3H3. The van der Waals surface area contributed by atoms with Crippen molar-refractivity contribution in [2.75, 3.05) is 0 Å². The third kappa shape index (κ3) is 2.24. The molecule has 1 heterocycles. The van der Waals surface area contributed by atoms with Gasteiger partial charge in [0, 0.05) is 0 Å². The molecule has 1 unspecified atom stereocenters. The minimum Gasteiger partial charge on any atom is -0.464 e. The summed E-state index contributed by atoms with van der Waals surface area (Å²) in [5.74, 6) is 1.36. The van der Waals surface area contributed by atoms with Crippen LogP contribution in [0.5, 0.6) is 0 Å². The predicted molar refractivity (Wildman–Crippen MR) is 65.3 cm³/mol. The fraction of sp³-hybridized carbons (Fsp3) is 0.286. The largest absolute Gasteiger partial charge is 0.464 e. The Hall–Kier alpha value is -1.61. The Balaban J connectivity index is 2.41. The first-order valence-electron chi connectivity index (χ1n) is 5.57. The van der Waals surface area contributed by atoms with E-state index in [1.165, 1.54) is 0 Å². The predicted octanol–water partition coefficient (Wildman–Crippen LogP) is 3.39. The van der Waals surface area contributed by atoms with Gasteiger partial charge in [0.1, 0.15) is 17.3 Å². The number of nitrogens with two attached hydrogens (primary N) is 1. The third-order valence-electron chi connectivity index (χ3n) is 2.89. The number of hydrogen-bond donors (Lipinski definition) is 1. The van der Waals surface area contributed by atoms with E-state index < -0.39 is 0 Å². The number of furan rings is 1. The average Bonchev–Trinajstić information content (AvgIpc) is 2.71. The summed E-state index contributed by atoms with van der Waals surface area (Å²) < 4.78 is 19.0. The summed E-state index contributed by atoms with van der Waals surface area (Å²) in [6.07, 6.45) is 0. The van der Waals surface area contributed by atoms with Crippen LogP contribution in [-0.2, 0) is 0 Å². The van der Waals surface area contributed by atoms with Gasteiger partial charge in [0.2, 0.25) is 0 Å². The van der Waals surface area contributed by atoms with Crippen LogP contribution in [-0.4, -0.2) is 0 Å². The highest BCUT2D eigenvalue weighted by Gasteiger charge is 2.15. The summed E-state index contributed by atoms with van der Waals surface area (Å²) >= 11 is 0. The van der Waals surface area contributed by atoms with E-state index in [-0.39, 0.29) is 11.9 Å². The van der Waals surface area contributed by atoms with E-state index in [2.05, 4.69) is 0 Å². The van der Waals surface area contributed by atoms with Gasteiger partial charge < -0.3 is 10.2 Å². The second kappa shape index (κ2) is 4.34. The SMILES string of the molecule is Cc1ccc(C(N)c2cc(C)c(F)c(C)c2)o1. The summed E-state index contributed by atoms with van der Waals surface area (Å²) in [4.78, 5) is 0. The van der Waals surface area contributed by atoms with Gasteiger partial charge in [-0.1, -0.05) is 12.1 Å². The van der Waals surface area contributed by atoms with Gasteiger partial charge in [-0.25, -0.2) is 4.39 Å². The van der Waals surface area contributed by atoms with E-state index in [0.717, 1.165) is 11.3 Å². The summed E-state index contributed by atoms with van der Waals surface area (Å²) in [5, 5.41) is 0. The molecule has 0 saturated carbocycles. The third-order valence-corrected chi connectivity index (χ3v) is 2.89. The lowest BCUT2D eigenvalue weighted by molar-refractivity contribution is 0.466. The van der Waals surface area contributed by atoms with Crippen LogP contribution in [0.25, 0.3) is 0 Å². The van der Waals surface area contributed by atoms with Gasteiger partial charge >= 0.3 is 0 Å². The highest BCUT2D eigenvalue weighted by molar-refractivity contribution is 5.35. The molecule has 0 aliphatic carbocycles. The van der Waals surface area contributed by atoms with Crippen LogP contribution in [0, 0.1) is 26.6 Å². The zero-order valence-corrected chi connectivity index (χ0v) is 10.3. The van der Waals surface area contributed by atoms with Gasteiger partial charge in [0.15, 0.2) is 0 Å². The van der Waals surface area contributed by atoms with Crippen LogP contribution >= 0.6 is 0 Å². The van der Waals surface area contributed by atoms with Crippen molar-refractivity contribution in [1.82, 2.24) is 0 Å². The van der Waals surface area contributed by atoms with Gasteiger partial charge in [-0.2, -0.15) is 0 Å². The molecule has 0 amide bonds. The minimum absolute atomic E-state index is 0.170. The number of benzene rings is 1. The van der Waals surface area contributed by atoms with Crippen molar-refractivity contribution >= 4 is 0 Å². The van der Waals surface area contributed by atoms with Gasteiger partial charge in [-0.3, -0.25) is 0 Å². The van der Waals surface area contributed by atoms with Gasteiger partial charge in [0.25, 0.3) is 0 Å². The van der Waals surface area contributed by atoms with Crippen molar-refractivity contribution in [1.29, 1.82) is 0 Å². The van der Waals surface area contributed by atoms with E-state index in [1.54, 1.807) is 26.0 Å². The van der Waals surface area contributed by atoms with Crippen molar-refractivity contribution in [2.24, 2.45) is 5.73 Å². The molecule has 2 rings (SSSR count). The first-order valence-corrected chi connectivity index (χ1v) is 5.57. The molecular weight excluding hydrogens is 217 g/mol. The summed E-state index contributed by atoms with van der Waals surface area (Å²) in [7, 11) is 0. The Kier molecular flexibility index (Phi) is 3.03. The van der Waals surface area contributed by atoms with Gasteiger partial charge in [-0.05, 0) is 49.6 Å². The molecule has 0 fully saturated rings. The molecule has 0 spiro atoms. The Morgan fingerprint density at radius 2 is 1.71 bits per heavy atom. The molecule has 90 valence electrons. The molecule has 1 atom stereocenters. The van der Waals surface area contributed by atoms with Crippen LogP contribution in [0.3, 0.4) is 0 Å². The fourth-order valence-corrected chi connectivity index (χ4v) is 1.94. The molecule has 1 aromatic heterocycles. The topological polar surface area (TPSA) is 39.2 Å². The van der Waals surface area contributed by atoms with E-state index >= 15 is 0 Å². The van der Waals surface area contributed by atoms with Crippen LogP contribution < -0.4 is 5.73 Å². The first kappa shape index (κ1) is 11.9. The quantitative estimate of drug-likeness (QED) is 0.863. The second-order valence-electron chi connectivity index (χ2n) is 4.39. The zero-order chi connectivity index (χ0) is 12.6. The average molecular weight is 233 g/mol. The summed E-state index contributed by atoms with van der Waals surface area (Å²) in [5.41, 5.74) is 8.19. The molecule has 17 heavy (non-hydrogen) atoms. The molecule has 0 aliphatic heterocycles. The van der Waals surface area contributed by atoms with Crippen molar-refractivity contribution in [3.8, 4) is 0 Å². The van der Waals surface area contributed by atoms with Gasteiger partial charge in [-0.15, -0.1) is 0 Å². The normalized spacial score (nSPS) is 12.8. The first-order chi connectivity index (χ1) is 7.99.